The Kier molecular flexibility index (Phi) is 1.91. The van der Waals surface area contributed by atoms with E-state index in [1.54, 1.807) is 6.20 Å². The maximum Gasteiger partial charge on any atom is 0.181 e. The minimum absolute atomic E-state index is 0.668. The molecule has 86 valence electrons. The zero-order chi connectivity index (χ0) is 12.0. The summed E-state index contributed by atoms with van der Waals surface area (Å²) in [5.41, 5.74) is 10.9. The van der Waals surface area contributed by atoms with Gasteiger partial charge in [0.2, 0.25) is 0 Å². The number of hydrogen-bond donors (Lipinski definition) is 3. The van der Waals surface area contributed by atoms with Gasteiger partial charge in [-0.05, 0) is 19.9 Å². The highest BCUT2D eigenvalue weighted by Crippen LogP contribution is 2.28. The van der Waals surface area contributed by atoms with Gasteiger partial charge in [0.15, 0.2) is 5.65 Å². The van der Waals surface area contributed by atoms with Crippen LogP contribution in [0.25, 0.3) is 22.3 Å². The molecule has 17 heavy (non-hydrogen) atoms. The number of nitrogens with one attached hydrogen (secondary N) is 2. The lowest BCUT2D eigenvalue weighted by Crippen LogP contribution is -1.92. The number of H-pyrrole nitrogens is 2. The molecule has 0 aliphatic heterocycles. The second kappa shape index (κ2) is 3.31. The number of aryl methyl sites for hydroxylation is 2. The number of nitrogens with two attached hydrogens (primary N) is 1. The molecule has 3 heterocycles. The van der Waals surface area contributed by atoms with Gasteiger partial charge in [0, 0.05) is 16.6 Å². The molecule has 0 atom stereocenters. The number of pyridine rings is 1. The van der Waals surface area contributed by atoms with Crippen molar-refractivity contribution >= 4 is 16.7 Å². The van der Waals surface area contributed by atoms with Crippen LogP contribution in [0.2, 0.25) is 0 Å². The molecule has 0 saturated heterocycles. The number of rotatable bonds is 1. The van der Waals surface area contributed by atoms with Crippen molar-refractivity contribution in [2.24, 2.45) is 0 Å². The lowest BCUT2D eigenvalue weighted by atomic mass is 10.1. The highest BCUT2D eigenvalue weighted by Gasteiger charge is 2.13. The summed E-state index contributed by atoms with van der Waals surface area (Å²) in [5, 5.41) is 15.0. The lowest BCUT2D eigenvalue weighted by molar-refractivity contribution is 1.05. The Hall–Kier alpha value is -2.37. The SMILES string of the molecule is Cc1nc2n[nH]c(-c3cn[nH]c3C)c2cc1N. The molecule has 0 amide bonds. The molecule has 0 aliphatic rings. The number of hydrogen-bond acceptors (Lipinski definition) is 4. The van der Waals surface area contributed by atoms with Gasteiger partial charge in [-0.2, -0.15) is 10.2 Å². The molecule has 0 bridgehead atoms. The summed E-state index contributed by atoms with van der Waals surface area (Å²) >= 11 is 0. The highest BCUT2D eigenvalue weighted by atomic mass is 15.2. The first kappa shape index (κ1) is 9.83. The van der Waals surface area contributed by atoms with Crippen LogP contribution in [-0.4, -0.2) is 25.4 Å². The van der Waals surface area contributed by atoms with Crippen molar-refractivity contribution < 1.29 is 0 Å². The Balaban J connectivity index is 2.32. The first-order valence-electron chi connectivity index (χ1n) is 5.28. The number of aromatic nitrogens is 5. The molecule has 6 heteroatoms. The summed E-state index contributed by atoms with van der Waals surface area (Å²) in [6.45, 7) is 3.83. The molecule has 3 aromatic rings. The first-order valence-corrected chi connectivity index (χ1v) is 5.28. The van der Waals surface area contributed by atoms with Crippen molar-refractivity contribution in [2.45, 2.75) is 13.8 Å². The van der Waals surface area contributed by atoms with Crippen molar-refractivity contribution in [1.29, 1.82) is 0 Å². The standard InChI is InChI=1S/C11H12N6/c1-5-8(4-13-15-5)10-7-3-9(12)6(2)14-11(7)17-16-10/h3-4H,12H2,1-2H3,(H,13,15)(H,14,16,17). The number of nitrogens with zero attached hydrogens (tertiary/aromatic N) is 3. The molecule has 0 spiro atoms. The fourth-order valence-electron chi connectivity index (χ4n) is 1.85. The van der Waals surface area contributed by atoms with Crippen LogP contribution in [0.15, 0.2) is 12.3 Å². The Bertz CT molecular complexity index is 693. The van der Waals surface area contributed by atoms with Gasteiger partial charge in [-0.1, -0.05) is 0 Å². The zero-order valence-electron chi connectivity index (χ0n) is 9.57. The summed E-state index contributed by atoms with van der Waals surface area (Å²) in [4.78, 5) is 4.34. The molecule has 6 nitrogen and oxygen atoms in total. The number of fused-ring (bicyclic) bond motifs is 1. The van der Waals surface area contributed by atoms with Gasteiger partial charge in [0.1, 0.15) is 0 Å². The third kappa shape index (κ3) is 1.37. The van der Waals surface area contributed by atoms with Gasteiger partial charge < -0.3 is 5.73 Å². The Labute approximate surface area is 97.3 Å². The average Bonchev–Trinajstić information content (AvgIpc) is 2.86. The fraction of sp³-hybridized carbons (Fsp3) is 0.182. The Morgan fingerprint density at radius 1 is 1.24 bits per heavy atom. The quantitative estimate of drug-likeness (QED) is 0.588. The van der Waals surface area contributed by atoms with Crippen LogP contribution in [-0.2, 0) is 0 Å². The molecule has 4 N–H and O–H groups in total. The molecular formula is C11H12N6. The number of aromatic amines is 2. The normalized spacial score (nSPS) is 11.2. The van der Waals surface area contributed by atoms with Crippen molar-refractivity contribution in [3.05, 3.63) is 23.7 Å². The summed E-state index contributed by atoms with van der Waals surface area (Å²) in [6, 6.07) is 1.89. The summed E-state index contributed by atoms with van der Waals surface area (Å²) in [7, 11) is 0. The van der Waals surface area contributed by atoms with Gasteiger partial charge in [0.25, 0.3) is 0 Å². The third-order valence-electron chi connectivity index (χ3n) is 2.87. The topological polar surface area (TPSA) is 96.3 Å². The van der Waals surface area contributed by atoms with E-state index in [0.717, 1.165) is 28.0 Å². The highest BCUT2D eigenvalue weighted by molar-refractivity contribution is 5.93. The van der Waals surface area contributed by atoms with Crippen LogP contribution >= 0.6 is 0 Å². The van der Waals surface area contributed by atoms with Crippen LogP contribution in [0, 0.1) is 13.8 Å². The smallest absolute Gasteiger partial charge is 0.181 e. The van der Waals surface area contributed by atoms with Gasteiger partial charge >= 0.3 is 0 Å². The van der Waals surface area contributed by atoms with Crippen molar-refractivity contribution in [1.82, 2.24) is 25.4 Å². The van der Waals surface area contributed by atoms with Crippen LogP contribution in [0.1, 0.15) is 11.4 Å². The summed E-state index contributed by atoms with van der Waals surface area (Å²) in [6.07, 6.45) is 1.76. The van der Waals surface area contributed by atoms with E-state index in [1.807, 2.05) is 19.9 Å². The second-order valence-corrected chi connectivity index (χ2v) is 4.04. The van der Waals surface area contributed by atoms with Crippen LogP contribution in [0.5, 0.6) is 0 Å². The van der Waals surface area contributed by atoms with E-state index in [-0.39, 0.29) is 0 Å². The van der Waals surface area contributed by atoms with E-state index < -0.39 is 0 Å². The van der Waals surface area contributed by atoms with E-state index in [2.05, 4.69) is 25.4 Å². The summed E-state index contributed by atoms with van der Waals surface area (Å²) < 4.78 is 0. The number of nitrogen functional groups attached to an aromatic ring is 1. The van der Waals surface area contributed by atoms with Crippen molar-refractivity contribution in [3.63, 3.8) is 0 Å². The Morgan fingerprint density at radius 2 is 2.06 bits per heavy atom. The van der Waals surface area contributed by atoms with E-state index in [9.17, 15) is 0 Å². The molecule has 0 aromatic carbocycles. The van der Waals surface area contributed by atoms with Crippen LogP contribution in [0.4, 0.5) is 5.69 Å². The van der Waals surface area contributed by atoms with Crippen molar-refractivity contribution in [3.8, 4) is 11.3 Å². The maximum absolute atomic E-state index is 5.88. The van der Waals surface area contributed by atoms with E-state index in [1.165, 1.54) is 0 Å². The molecule has 0 radical (unpaired) electrons. The van der Waals surface area contributed by atoms with Crippen LogP contribution in [0.3, 0.4) is 0 Å². The number of anilines is 1. The molecule has 3 aromatic heterocycles. The van der Waals surface area contributed by atoms with Gasteiger partial charge in [-0.25, -0.2) is 4.98 Å². The molecule has 0 fully saturated rings. The predicted molar refractivity (Wildman–Crippen MR) is 65.4 cm³/mol. The largest absolute Gasteiger partial charge is 0.397 e. The van der Waals surface area contributed by atoms with Crippen molar-refractivity contribution in [2.75, 3.05) is 5.73 Å². The maximum atomic E-state index is 5.88. The average molecular weight is 228 g/mol. The van der Waals surface area contributed by atoms with E-state index in [4.69, 9.17) is 5.73 Å². The first-order chi connectivity index (χ1) is 8.16. The molecule has 3 rings (SSSR count). The fourth-order valence-corrected chi connectivity index (χ4v) is 1.85. The lowest BCUT2D eigenvalue weighted by Gasteiger charge is -1.99. The van der Waals surface area contributed by atoms with E-state index in [0.29, 0.717) is 11.3 Å². The zero-order valence-corrected chi connectivity index (χ0v) is 9.57. The molecular weight excluding hydrogens is 216 g/mol. The molecule has 0 aliphatic carbocycles. The summed E-state index contributed by atoms with van der Waals surface area (Å²) in [5.74, 6) is 0. The van der Waals surface area contributed by atoms with Gasteiger partial charge in [0.05, 0.1) is 23.3 Å². The van der Waals surface area contributed by atoms with E-state index >= 15 is 0 Å². The minimum Gasteiger partial charge on any atom is -0.397 e. The molecule has 0 unspecified atom stereocenters. The Morgan fingerprint density at radius 3 is 2.76 bits per heavy atom. The van der Waals surface area contributed by atoms with Gasteiger partial charge in [-0.15, -0.1) is 0 Å². The second-order valence-electron chi connectivity index (χ2n) is 4.04. The molecule has 0 saturated carbocycles. The van der Waals surface area contributed by atoms with Crippen LogP contribution < -0.4 is 5.73 Å². The monoisotopic (exact) mass is 228 g/mol. The van der Waals surface area contributed by atoms with Gasteiger partial charge in [-0.3, -0.25) is 10.2 Å². The minimum atomic E-state index is 0.668. The predicted octanol–water partition coefficient (Wildman–Crippen LogP) is 1.55. The third-order valence-corrected chi connectivity index (χ3v) is 2.87.